The van der Waals surface area contributed by atoms with Crippen molar-refractivity contribution in [1.29, 1.82) is 0 Å². The second-order valence-electron chi connectivity index (χ2n) is 6.84. The van der Waals surface area contributed by atoms with Crippen molar-refractivity contribution in [3.8, 4) is 5.75 Å². The Labute approximate surface area is 143 Å². The molecule has 3 rings (SSSR count). The lowest BCUT2D eigenvalue weighted by molar-refractivity contribution is 0.0981. The lowest BCUT2D eigenvalue weighted by Crippen LogP contribution is -2.39. The number of benzene rings is 1. The lowest BCUT2D eigenvalue weighted by Gasteiger charge is -2.32. The Morgan fingerprint density at radius 2 is 2.09 bits per heavy atom. The Bertz CT molecular complexity index is 651. The van der Waals surface area contributed by atoms with Crippen LogP contribution in [-0.4, -0.2) is 35.6 Å². The molecule has 4 heteroatoms. The summed E-state index contributed by atoms with van der Waals surface area (Å²) in [6, 6.07) is 5.95. The first-order chi connectivity index (χ1) is 11.1. The number of hydrogen-bond donors (Lipinski definition) is 0. The molecule has 0 saturated carbocycles. The summed E-state index contributed by atoms with van der Waals surface area (Å²) in [4.78, 5) is 6.68. The molecule has 124 valence electrons. The maximum atomic E-state index is 6.35. The Balaban J connectivity index is 1.58. The normalized spacial score (nSPS) is 17.0. The molecular weight excluding hydrogens is 308 g/mol. The van der Waals surface area contributed by atoms with Gasteiger partial charge >= 0.3 is 0 Å². The Hall–Kier alpha value is -1.32. The number of rotatable bonds is 5. The SMILES string of the molecule is CC(C)CCN1CCC(Oc2cc(Cl)c3cnccc3c2)CC1. The highest BCUT2D eigenvalue weighted by molar-refractivity contribution is 6.35. The van der Waals surface area contributed by atoms with Crippen LogP contribution in [0.4, 0.5) is 0 Å². The van der Waals surface area contributed by atoms with E-state index in [1.165, 1.54) is 13.0 Å². The molecule has 23 heavy (non-hydrogen) atoms. The second kappa shape index (κ2) is 7.50. The van der Waals surface area contributed by atoms with Crippen molar-refractivity contribution in [2.45, 2.75) is 39.2 Å². The van der Waals surface area contributed by atoms with E-state index in [-0.39, 0.29) is 0 Å². The summed E-state index contributed by atoms with van der Waals surface area (Å²) < 4.78 is 6.19. The van der Waals surface area contributed by atoms with Crippen LogP contribution < -0.4 is 4.74 Å². The fraction of sp³-hybridized carbons (Fsp3) is 0.526. The molecule has 2 aromatic rings. The number of aromatic nitrogens is 1. The quantitative estimate of drug-likeness (QED) is 0.788. The Morgan fingerprint density at radius 3 is 2.83 bits per heavy atom. The highest BCUT2D eigenvalue weighted by Crippen LogP contribution is 2.30. The van der Waals surface area contributed by atoms with Gasteiger partial charge in [0.15, 0.2) is 0 Å². The van der Waals surface area contributed by atoms with Crippen molar-refractivity contribution in [3.63, 3.8) is 0 Å². The molecule has 0 aliphatic carbocycles. The van der Waals surface area contributed by atoms with Gasteiger partial charge in [-0.25, -0.2) is 0 Å². The molecule has 1 aromatic carbocycles. The van der Waals surface area contributed by atoms with Crippen molar-refractivity contribution in [2.75, 3.05) is 19.6 Å². The van der Waals surface area contributed by atoms with Gasteiger partial charge < -0.3 is 9.64 Å². The van der Waals surface area contributed by atoms with Crippen LogP contribution in [0.3, 0.4) is 0 Å². The average molecular weight is 333 g/mol. The molecule has 0 N–H and O–H groups in total. The Kier molecular flexibility index (Phi) is 5.39. The first-order valence-corrected chi connectivity index (χ1v) is 8.92. The number of halogens is 1. The third-order valence-electron chi connectivity index (χ3n) is 4.54. The summed E-state index contributed by atoms with van der Waals surface area (Å²) in [5.41, 5.74) is 0. The largest absolute Gasteiger partial charge is 0.490 e. The van der Waals surface area contributed by atoms with Crippen molar-refractivity contribution < 1.29 is 4.74 Å². The van der Waals surface area contributed by atoms with Crippen LogP contribution in [0, 0.1) is 5.92 Å². The van der Waals surface area contributed by atoms with Gasteiger partial charge in [0.25, 0.3) is 0 Å². The van der Waals surface area contributed by atoms with Gasteiger partial charge in [0.2, 0.25) is 0 Å². The Morgan fingerprint density at radius 1 is 1.30 bits per heavy atom. The van der Waals surface area contributed by atoms with Gasteiger partial charge in [-0.2, -0.15) is 0 Å². The number of piperidine rings is 1. The molecule has 1 aliphatic heterocycles. The predicted molar refractivity (Wildman–Crippen MR) is 96.3 cm³/mol. The smallest absolute Gasteiger partial charge is 0.121 e. The summed E-state index contributed by atoms with van der Waals surface area (Å²) in [7, 11) is 0. The standard InChI is InChI=1S/C19H25ClN2O/c1-14(2)4-8-22-9-5-16(6-10-22)23-17-11-15-3-7-21-13-18(15)19(20)12-17/h3,7,11-14,16H,4-6,8-10H2,1-2H3. The van der Waals surface area contributed by atoms with Crippen LogP contribution in [0.1, 0.15) is 33.1 Å². The zero-order chi connectivity index (χ0) is 16.2. The summed E-state index contributed by atoms with van der Waals surface area (Å²) in [5, 5.41) is 2.77. The number of pyridine rings is 1. The van der Waals surface area contributed by atoms with Crippen LogP contribution >= 0.6 is 11.6 Å². The van der Waals surface area contributed by atoms with Crippen molar-refractivity contribution >= 4 is 22.4 Å². The summed E-state index contributed by atoms with van der Waals surface area (Å²) in [5.74, 6) is 1.65. The van der Waals surface area contributed by atoms with Crippen molar-refractivity contribution in [1.82, 2.24) is 9.88 Å². The van der Waals surface area contributed by atoms with E-state index in [0.717, 1.165) is 48.4 Å². The third-order valence-corrected chi connectivity index (χ3v) is 4.85. The molecule has 0 bridgehead atoms. The van der Waals surface area contributed by atoms with Gasteiger partial charge in [0.1, 0.15) is 11.9 Å². The van der Waals surface area contributed by atoms with E-state index < -0.39 is 0 Å². The molecule has 0 radical (unpaired) electrons. The van der Waals surface area contributed by atoms with E-state index in [4.69, 9.17) is 16.3 Å². The third kappa shape index (κ3) is 4.36. The minimum Gasteiger partial charge on any atom is -0.490 e. The summed E-state index contributed by atoms with van der Waals surface area (Å²) in [6.07, 6.45) is 7.33. The summed E-state index contributed by atoms with van der Waals surface area (Å²) in [6.45, 7) is 8.04. The van der Waals surface area contributed by atoms with Gasteiger partial charge in [-0.3, -0.25) is 4.98 Å². The fourth-order valence-corrected chi connectivity index (χ4v) is 3.35. The van der Waals surface area contributed by atoms with Crippen molar-refractivity contribution in [3.05, 3.63) is 35.6 Å². The van der Waals surface area contributed by atoms with Gasteiger partial charge in [0.05, 0.1) is 5.02 Å². The topological polar surface area (TPSA) is 25.4 Å². The summed E-state index contributed by atoms with van der Waals surface area (Å²) >= 11 is 6.35. The average Bonchev–Trinajstić information content (AvgIpc) is 2.54. The zero-order valence-corrected chi connectivity index (χ0v) is 14.7. The second-order valence-corrected chi connectivity index (χ2v) is 7.25. The molecular formula is C19H25ClN2O. The minimum atomic E-state index is 0.292. The molecule has 2 heterocycles. The van der Waals surface area contributed by atoms with Crippen LogP contribution in [0.5, 0.6) is 5.75 Å². The van der Waals surface area contributed by atoms with E-state index >= 15 is 0 Å². The molecule has 1 saturated heterocycles. The molecule has 0 amide bonds. The fourth-order valence-electron chi connectivity index (χ4n) is 3.08. The van der Waals surface area contributed by atoms with Crippen LogP contribution in [0.2, 0.25) is 5.02 Å². The van der Waals surface area contributed by atoms with Crippen LogP contribution in [0.15, 0.2) is 30.6 Å². The van der Waals surface area contributed by atoms with Gasteiger partial charge in [-0.1, -0.05) is 25.4 Å². The minimum absolute atomic E-state index is 0.292. The van der Waals surface area contributed by atoms with Crippen molar-refractivity contribution in [2.24, 2.45) is 5.92 Å². The number of ether oxygens (including phenoxy) is 1. The van der Waals surface area contributed by atoms with Crippen LogP contribution in [0.25, 0.3) is 10.8 Å². The lowest BCUT2D eigenvalue weighted by atomic mass is 10.1. The highest BCUT2D eigenvalue weighted by Gasteiger charge is 2.20. The zero-order valence-electron chi connectivity index (χ0n) is 14.0. The molecule has 0 spiro atoms. The number of hydrogen-bond acceptors (Lipinski definition) is 3. The predicted octanol–water partition coefficient (Wildman–Crippen LogP) is 4.78. The van der Waals surface area contributed by atoms with Gasteiger partial charge in [-0.15, -0.1) is 0 Å². The molecule has 1 aromatic heterocycles. The first kappa shape index (κ1) is 16.5. The number of likely N-dealkylation sites (tertiary alicyclic amines) is 1. The maximum absolute atomic E-state index is 6.35. The number of nitrogens with zero attached hydrogens (tertiary/aromatic N) is 2. The molecule has 0 unspecified atom stereocenters. The first-order valence-electron chi connectivity index (χ1n) is 8.54. The van der Waals surface area contributed by atoms with Gasteiger partial charge in [0, 0.05) is 30.9 Å². The van der Waals surface area contributed by atoms with Gasteiger partial charge in [-0.05, 0) is 55.3 Å². The van der Waals surface area contributed by atoms with E-state index in [1.54, 1.807) is 12.4 Å². The van der Waals surface area contributed by atoms with E-state index in [2.05, 4.69) is 29.8 Å². The number of fused-ring (bicyclic) bond motifs is 1. The van der Waals surface area contributed by atoms with E-state index in [9.17, 15) is 0 Å². The molecule has 3 nitrogen and oxygen atoms in total. The maximum Gasteiger partial charge on any atom is 0.121 e. The van der Waals surface area contributed by atoms with Crippen LogP contribution in [-0.2, 0) is 0 Å². The monoisotopic (exact) mass is 332 g/mol. The molecule has 1 fully saturated rings. The molecule has 0 atom stereocenters. The van der Waals surface area contributed by atoms with E-state index in [0.29, 0.717) is 11.1 Å². The van der Waals surface area contributed by atoms with E-state index in [1.807, 2.05) is 12.1 Å². The molecule has 1 aliphatic rings. The highest BCUT2D eigenvalue weighted by atomic mass is 35.5.